The van der Waals surface area contributed by atoms with Crippen LogP contribution >= 0.6 is 0 Å². The van der Waals surface area contributed by atoms with Crippen LogP contribution in [0.25, 0.3) is 0 Å². The van der Waals surface area contributed by atoms with Gasteiger partial charge in [0.15, 0.2) is 0 Å². The lowest BCUT2D eigenvalue weighted by molar-refractivity contribution is -0.144. The molecule has 198 valence electrons. The molecule has 0 aliphatic heterocycles. The first kappa shape index (κ1) is 31.2. The van der Waals surface area contributed by atoms with Crippen LogP contribution in [0.2, 0.25) is 0 Å². The summed E-state index contributed by atoms with van der Waals surface area (Å²) in [5.41, 5.74) is 5.56. The summed E-state index contributed by atoms with van der Waals surface area (Å²) in [7, 11) is 0. The lowest BCUT2D eigenvalue weighted by Crippen LogP contribution is -2.57. The fourth-order valence-electron chi connectivity index (χ4n) is 2.85. The van der Waals surface area contributed by atoms with Gasteiger partial charge in [0.05, 0.1) is 12.5 Å². The van der Waals surface area contributed by atoms with Crippen LogP contribution in [-0.4, -0.2) is 86.2 Å². The number of amides is 3. The molecule has 0 aliphatic rings. The maximum absolute atomic E-state index is 12.7. The van der Waals surface area contributed by atoms with Gasteiger partial charge in [0.1, 0.15) is 18.1 Å². The quantitative estimate of drug-likeness (QED) is 0.108. The maximum atomic E-state index is 12.7. The van der Waals surface area contributed by atoms with Crippen molar-refractivity contribution in [2.45, 2.75) is 76.5 Å². The number of nitrogens with two attached hydrogens (primary N) is 1. The predicted molar refractivity (Wildman–Crippen MR) is 117 cm³/mol. The van der Waals surface area contributed by atoms with E-state index in [9.17, 15) is 38.7 Å². The van der Waals surface area contributed by atoms with E-state index in [2.05, 4.69) is 16.0 Å². The molecule has 35 heavy (non-hydrogen) atoms. The molecule has 0 aromatic carbocycles. The van der Waals surface area contributed by atoms with Gasteiger partial charge < -0.3 is 42.1 Å². The van der Waals surface area contributed by atoms with Crippen LogP contribution in [0.3, 0.4) is 0 Å². The molecule has 0 radical (unpaired) electrons. The molecule has 4 atom stereocenters. The number of carboxylic acid groups (broad SMARTS) is 4. The first-order valence-corrected chi connectivity index (χ1v) is 10.7. The first-order chi connectivity index (χ1) is 16.1. The number of aliphatic carboxylic acids is 4. The summed E-state index contributed by atoms with van der Waals surface area (Å²) in [6.45, 7) is 3.43. The van der Waals surface area contributed by atoms with Crippen LogP contribution < -0.4 is 21.7 Å². The lowest BCUT2D eigenvalue weighted by Gasteiger charge is -2.24. The zero-order valence-corrected chi connectivity index (χ0v) is 19.4. The standard InChI is InChI=1S/C20H32N4O11/c1-9(2)7-13(20(34)35)24-18(32)11(4-6-15(27)28)22-19(33)12(8-16(29)30)23-17(31)10(21)3-5-14(25)26/h9-13H,3-8,21H2,1-2H3,(H,22,33)(H,23,31)(H,24,32)(H,25,26)(H,27,28)(H,29,30)(H,34,35). The van der Waals surface area contributed by atoms with E-state index in [1.807, 2.05) is 0 Å². The van der Waals surface area contributed by atoms with E-state index < -0.39 is 91.4 Å². The molecular formula is C20H32N4O11. The highest BCUT2D eigenvalue weighted by Gasteiger charge is 2.32. The van der Waals surface area contributed by atoms with Gasteiger partial charge in [0.2, 0.25) is 17.7 Å². The van der Waals surface area contributed by atoms with Crippen molar-refractivity contribution in [2.75, 3.05) is 0 Å². The lowest BCUT2D eigenvalue weighted by atomic mass is 10.0. The Bertz CT molecular complexity index is 815. The van der Waals surface area contributed by atoms with Gasteiger partial charge in [-0.2, -0.15) is 0 Å². The fraction of sp³-hybridized carbons (Fsp3) is 0.650. The van der Waals surface area contributed by atoms with Gasteiger partial charge in [-0.1, -0.05) is 13.8 Å². The largest absolute Gasteiger partial charge is 0.481 e. The number of rotatable bonds is 17. The monoisotopic (exact) mass is 504 g/mol. The van der Waals surface area contributed by atoms with Crippen molar-refractivity contribution in [3.05, 3.63) is 0 Å². The Labute approximate surface area is 200 Å². The predicted octanol–water partition coefficient (Wildman–Crippen LogP) is -1.90. The van der Waals surface area contributed by atoms with Gasteiger partial charge in [-0.05, 0) is 25.2 Å². The number of hydrogen-bond acceptors (Lipinski definition) is 8. The minimum absolute atomic E-state index is 0.0482. The molecule has 15 heteroatoms. The van der Waals surface area contributed by atoms with E-state index in [4.69, 9.17) is 21.1 Å². The summed E-state index contributed by atoms with van der Waals surface area (Å²) in [5, 5.41) is 42.4. The second-order valence-electron chi connectivity index (χ2n) is 8.22. The molecular weight excluding hydrogens is 472 g/mol. The molecule has 4 unspecified atom stereocenters. The molecule has 0 aromatic rings. The van der Waals surface area contributed by atoms with Crippen molar-refractivity contribution in [2.24, 2.45) is 11.7 Å². The SMILES string of the molecule is CC(C)CC(NC(=O)C(CCC(=O)O)NC(=O)C(CC(=O)O)NC(=O)C(N)CCC(=O)O)C(=O)O. The van der Waals surface area contributed by atoms with Crippen molar-refractivity contribution in [1.82, 2.24) is 16.0 Å². The van der Waals surface area contributed by atoms with Gasteiger partial charge in [-0.15, -0.1) is 0 Å². The summed E-state index contributed by atoms with van der Waals surface area (Å²) < 4.78 is 0. The topological polar surface area (TPSA) is 263 Å². The molecule has 0 aromatic heterocycles. The minimum atomic E-state index is -1.73. The van der Waals surface area contributed by atoms with Gasteiger partial charge in [-0.3, -0.25) is 28.8 Å². The molecule has 15 nitrogen and oxygen atoms in total. The molecule has 0 heterocycles. The highest BCUT2D eigenvalue weighted by atomic mass is 16.4. The van der Waals surface area contributed by atoms with E-state index in [-0.39, 0.29) is 18.8 Å². The number of nitrogens with one attached hydrogen (secondary N) is 3. The molecule has 9 N–H and O–H groups in total. The Kier molecular flexibility index (Phi) is 13.6. The van der Waals surface area contributed by atoms with Crippen LogP contribution in [0.5, 0.6) is 0 Å². The Morgan fingerprint density at radius 3 is 1.57 bits per heavy atom. The molecule has 0 spiro atoms. The zero-order chi connectivity index (χ0) is 27.3. The summed E-state index contributed by atoms with van der Waals surface area (Å²) in [6.07, 6.45) is -2.67. The van der Waals surface area contributed by atoms with Crippen molar-refractivity contribution in [1.29, 1.82) is 0 Å². The van der Waals surface area contributed by atoms with E-state index in [0.717, 1.165) is 0 Å². The van der Waals surface area contributed by atoms with Crippen LogP contribution in [0.1, 0.15) is 52.4 Å². The normalized spacial score (nSPS) is 14.2. The number of carbonyl (C=O) groups is 7. The van der Waals surface area contributed by atoms with Crippen molar-refractivity contribution in [3.63, 3.8) is 0 Å². The second-order valence-corrected chi connectivity index (χ2v) is 8.22. The molecule has 3 amide bonds. The van der Waals surface area contributed by atoms with Crippen molar-refractivity contribution < 1.29 is 54.0 Å². The molecule has 0 saturated carbocycles. The number of carbonyl (C=O) groups excluding carboxylic acids is 3. The van der Waals surface area contributed by atoms with Gasteiger partial charge in [0, 0.05) is 12.8 Å². The molecule has 0 saturated heterocycles. The minimum Gasteiger partial charge on any atom is -0.481 e. The van der Waals surface area contributed by atoms with Gasteiger partial charge >= 0.3 is 23.9 Å². The van der Waals surface area contributed by atoms with Crippen molar-refractivity contribution in [3.8, 4) is 0 Å². The molecule has 0 fully saturated rings. The summed E-state index contributed by atoms with van der Waals surface area (Å²) >= 11 is 0. The molecule has 0 bridgehead atoms. The van der Waals surface area contributed by atoms with E-state index >= 15 is 0 Å². The summed E-state index contributed by atoms with van der Waals surface area (Å²) in [4.78, 5) is 81.7. The van der Waals surface area contributed by atoms with Crippen LogP contribution in [0.4, 0.5) is 0 Å². The molecule has 0 rings (SSSR count). The third-order valence-corrected chi connectivity index (χ3v) is 4.62. The number of hydrogen-bond donors (Lipinski definition) is 8. The highest BCUT2D eigenvalue weighted by Crippen LogP contribution is 2.08. The summed E-state index contributed by atoms with van der Waals surface area (Å²) in [6, 6.07) is -5.98. The number of carboxylic acids is 4. The highest BCUT2D eigenvalue weighted by molar-refractivity contribution is 5.95. The Morgan fingerprint density at radius 1 is 0.657 bits per heavy atom. The summed E-state index contributed by atoms with van der Waals surface area (Å²) in [5.74, 6) is -8.68. The first-order valence-electron chi connectivity index (χ1n) is 10.7. The Hall–Kier alpha value is -3.75. The van der Waals surface area contributed by atoms with E-state index in [1.165, 1.54) is 0 Å². The average molecular weight is 504 g/mol. The van der Waals surface area contributed by atoms with Crippen LogP contribution in [0.15, 0.2) is 0 Å². The molecule has 0 aliphatic carbocycles. The van der Waals surface area contributed by atoms with Crippen LogP contribution in [-0.2, 0) is 33.6 Å². The fourth-order valence-corrected chi connectivity index (χ4v) is 2.85. The zero-order valence-electron chi connectivity index (χ0n) is 19.4. The third-order valence-electron chi connectivity index (χ3n) is 4.62. The van der Waals surface area contributed by atoms with Gasteiger partial charge in [-0.25, -0.2) is 4.79 Å². The van der Waals surface area contributed by atoms with Gasteiger partial charge in [0.25, 0.3) is 0 Å². The Balaban J connectivity index is 5.57. The van der Waals surface area contributed by atoms with Crippen LogP contribution in [0, 0.1) is 5.92 Å². The second kappa shape index (κ2) is 15.2. The van der Waals surface area contributed by atoms with Crippen molar-refractivity contribution >= 4 is 41.6 Å². The maximum Gasteiger partial charge on any atom is 0.326 e. The Morgan fingerprint density at radius 2 is 1.11 bits per heavy atom. The third kappa shape index (κ3) is 13.5. The van der Waals surface area contributed by atoms with E-state index in [0.29, 0.717) is 0 Å². The smallest absolute Gasteiger partial charge is 0.326 e. The van der Waals surface area contributed by atoms with E-state index in [1.54, 1.807) is 13.8 Å². The average Bonchev–Trinajstić information content (AvgIpc) is 2.72.